The number of thioether (sulfide) groups is 1. The number of esters is 1. The maximum atomic E-state index is 12.0. The van der Waals surface area contributed by atoms with Crippen LogP contribution >= 0.6 is 23.1 Å². The molecule has 0 amide bonds. The molecular formula is C18H23N3O4S2. The number of hydrogen-bond acceptors (Lipinski definition) is 9. The second-order valence-electron chi connectivity index (χ2n) is 6.70. The Morgan fingerprint density at radius 3 is 2.78 bits per heavy atom. The largest absolute Gasteiger partial charge is 0.465 e. The van der Waals surface area contributed by atoms with Gasteiger partial charge >= 0.3 is 5.97 Å². The number of ketones is 1. The van der Waals surface area contributed by atoms with Crippen LogP contribution in [0.3, 0.4) is 0 Å². The van der Waals surface area contributed by atoms with E-state index in [4.69, 9.17) is 15.2 Å². The molecule has 2 atom stereocenters. The first-order chi connectivity index (χ1) is 12.8. The van der Waals surface area contributed by atoms with E-state index in [0.717, 1.165) is 45.3 Å². The molecule has 7 nitrogen and oxygen atoms in total. The Bertz CT molecular complexity index is 898. The third-order valence-electron chi connectivity index (χ3n) is 4.69. The molecule has 27 heavy (non-hydrogen) atoms. The average molecular weight is 410 g/mol. The smallest absolute Gasteiger partial charge is 0.327 e. The van der Waals surface area contributed by atoms with E-state index in [9.17, 15) is 9.59 Å². The Morgan fingerprint density at radius 2 is 2.15 bits per heavy atom. The standard InChI is InChI=1S/C18H23N3O4S2/c1-5-18(4)7-10-11(8-25-18)26-15-12(10)14(19)20-17(21-15)27-13(9(3)22)16(23)24-6-2/h13H,5-8H2,1-4H3,(H2,19,20,21)/t13-,18+/m1/s1. The maximum Gasteiger partial charge on any atom is 0.327 e. The molecule has 9 heteroatoms. The summed E-state index contributed by atoms with van der Waals surface area (Å²) in [5, 5.41) is 0.159. The van der Waals surface area contributed by atoms with Gasteiger partial charge in [0.1, 0.15) is 10.6 Å². The zero-order valence-corrected chi connectivity index (χ0v) is 17.5. The number of thiophene rings is 1. The van der Waals surface area contributed by atoms with Gasteiger partial charge < -0.3 is 15.2 Å². The molecule has 3 rings (SSSR count). The monoisotopic (exact) mass is 409 g/mol. The van der Waals surface area contributed by atoms with Crippen LogP contribution < -0.4 is 5.73 Å². The lowest BCUT2D eigenvalue weighted by Crippen LogP contribution is -2.33. The van der Waals surface area contributed by atoms with E-state index in [2.05, 4.69) is 23.8 Å². The van der Waals surface area contributed by atoms with Crippen LogP contribution in [0.5, 0.6) is 0 Å². The van der Waals surface area contributed by atoms with Gasteiger partial charge in [-0.3, -0.25) is 9.59 Å². The quantitative estimate of drug-likeness (QED) is 0.336. The number of anilines is 1. The van der Waals surface area contributed by atoms with Crippen molar-refractivity contribution in [2.75, 3.05) is 12.3 Å². The van der Waals surface area contributed by atoms with Gasteiger partial charge in [0.15, 0.2) is 16.2 Å². The first-order valence-corrected chi connectivity index (χ1v) is 10.5. The highest BCUT2D eigenvalue weighted by molar-refractivity contribution is 8.01. The molecule has 146 valence electrons. The van der Waals surface area contributed by atoms with E-state index in [-0.39, 0.29) is 18.0 Å². The van der Waals surface area contributed by atoms with E-state index in [1.807, 2.05) is 0 Å². The highest BCUT2D eigenvalue weighted by Crippen LogP contribution is 2.42. The lowest BCUT2D eigenvalue weighted by atomic mass is 9.90. The summed E-state index contributed by atoms with van der Waals surface area (Å²) >= 11 is 2.50. The molecular weight excluding hydrogens is 386 g/mol. The highest BCUT2D eigenvalue weighted by atomic mass is 32.2. The zero-order valence-electron chi connectivity index (χ0n) is 15.8. The normalized spacial score (nSPS) is 20.3. The molecule has 1 aliphatic heterocycles. The van der Waals surface area contributed by atoms with Gasteiger partial charge in [0.05, 0.1) is 24.2 Å². The molecule has 0 saturated heterocycles. The molecule has 0 bridgehead atoms. The van der Waals surface area contributed by atoms with Crippen LogP contribution in [0.15, 0.2) is 5.16 Å². The summed E-state index contributed by atoms with van der Waals surface area (Å²) in [7, 11) is 0. The van der Waals surface area contributed by atoms with Gasteiger partial charge in [0.2, 0.25) is 0 Å². The SMILES string of the molecule is CCOC(=O)[C@H](Sc1nc(N)c2c3c(sc2n1)CO[C@@](C)(CC)C3)C(C)=O. The number of carbonyl (C=O) groups is 2. The molecule has 0 spiro atoms. The second-order valence-corrected chi connectivity index (χ2v) is 8.86. The number of aromatic nitrogens is 2. The number of fused-ring (bicyclic) bond motifs is 3. The Balaban J connectivity index is 1.96. The molecule has 2 aromatic heterocycles. The van der Waals surface area contributed by atoms with E-state index < -0.39 is 11.2 Å². The molecule has 1 aliphatic rings. The molecule has 3 heterocycles. The Kier molecular flexibility index (Phi) is 5.73. The first kappa shape index (κ1) is 20.0. The van der Waals surface area contributed by atoms with Gasteiger partial charge in [-0.2, -0.15) is 0 Å². The predicted octanol–water partition coefficient (Wildman–Crippen LogP) is 3.13. The van der Waals surface area contributed by atoms with Crippen LogP contribution in [0, 0.1) is 0 Å². The molecule has 0 radical (unpaired) electrons. The van der Waals surface area contributed by atoms with Crippen LogP contribution in [0.2, 0.25) is 0 Å². The van der Waals surface area contributed by atoms with E-state index in [1.54, 1.807) is 6.92 Å². The van der Waals surface area contributed by atoms with Crippen LogP contribution in [0.1, 0.15) is 44.6 Å². The molecule has 0 saturated carbocycles. The fourth-order valence-electron chi connectivity index (χ4n) is 2.98. The fourth-order valence-corrected chi connectivity index (χ4v) is 4.98. The van der Waals surface area contributed by atoms with Crippen LogP contribution in [-0.2, 0) is 32.1 Å². The number of ether oxygens (including phenoxy) is 2. The van der Waals surface area contributed by atoms with Crippen molar-refractivity contribution in [1.29, 1.82) is 0 Å². The summed E-state index contributed by atoms with van der Waals surface area (Å²) in [4.78, 5) is 34.7. The van der Waals surface area contributed by atoms with E-state index >= 15 is 0 Å². The molecule has 2 N–H and O–H groups in total. The summed E-state index contributed by atoms with van der Waals surface area (Å²) in [5.74, 6) is -0.528. The van der Waals surface area contributed by atoms with Crippen molar-refractivity contribution >= 4 is 50.9 Å². The van der Waals surface area contributed by atoms with Crippen LogP contribution in [-0.4, -0.2) is 39.2 Å². The van der Waals surface area contributed by atoms with Crippen molar-refractivity contribution in [3.8, 4) is 0 Å². The Hall–Kier alpha value is -1.71. The number of hydrogen-bond donors (Lipinski definition) is 1. The molecule has 0 fully saturated rings. The average Bonchev–Trinajstić information content (AvgIpc) is 2.97. The summed E-state index contributed by atoms with van der Waals surface area (Å²) in [6.07, 6.45) is 1.66. The van der Waals surface area contributed by atoms with Crippen molar-refractivity contribution in [1.82, 2.24) is 9.97 Å². The first-order valence-electron chi connectivity index (χ1n) is 8.83. The van der Waals surface area contributed by atoms with Crippen LogP contribution in [0.4, 0.5) is 5.82 Å². The third-order valence-corrected chi connectivity index (χ3v) is 6.94. The van der Waals surface area contributed by atoms with Crippen molar-refractivity contribution in [2.45, 2.75) is 63.2 Å². The van der Waals surface area contributed by atoms with Gasteiger partial charge in [0, 0.05) is 11.3 Å². The Morgan fingerprint density at radius 1 is 1.41 bits per heavy atom. The summed E-state index contributed by atoms with van der Waals surface area (Å²) < 4.78 is 11.0. The third kappa shape index (κ3) is 3.95. The minimum atomic E-state index is -0.997. The van der Waals surface area contributed by atoms with Crippen molar-refractivity contribution in [2.24, 2.45) is 0 Å². The van der Waals surface area contributed by atoms with Crippen LogP contribution in [0.25, 0.3) is 10.2 Å². The topological polar surface area (TPSA) is 104 Å². The zero-order chi connectivity index (χ0) is 19.8. The molecule has 2 aromatic rings. The molecule has 0 unspecified atom stereocenters. The van der Waals surface area contributed by atoms with Crippen molar-refractivity contribution in [3.05, 3.63) is 10.4 Å². The summed E-state index contributed by atoms with van der Waals surface area (Å²) in [6, 6.07) is 0. The predicted molar refractivity (Wildman–Crippen MR) is 106 cm³/mol. The van der Waals surface area contributed by atoms with Gasteiger partial charge in [-0.15, -0.1) is 11.3 Å². The maximum absolute atomic E-state index is 12.0. The summed E-state index contributed by atoms with van der Waals surface area (Å²) in [5.41, 5.74) is 7.17. The van der Waals surface area contributed by atoms with Crippen molar-refractivity contribution < 1.29 is 19.1 Å². The number of carbonyl (C=O) groups excluding carboxylic acids is 2. The van der Waals surface area contributed by atoms with Gasteiger partial charge in [-0.25, -0.2) is 9.97 Å². The minimum absolute atomic E-state index is 0.207. The van der Waals surface area contributed by atoms with Gasteiger partial charge in [-0.05, 0) is 32.8 Å². The molecule has 0 aliphatic carbocycles. The van der Waals surface area contributed by atoms with Gasteiger partial charge in [0.25, 0.3) is 0 Å². The number of rotatable bonds is 6. The number of Topliss-reactive ketones (excluding diaryl/α,β-unsaturated/α-hetero) is 1. The molecule has 0 aromatic carbocycles. The fraction of sp³-hybridized carbons (Fsp3) is 0.556. The second kappa shape index (κ2) is 7.73. The summed E-state index contributed by atoms with van der Waals surface area (Å²) in [6.45, 7) is 7.98. The number of nitrogens with zero attached hydrogens (tertiary/aromatic N) is 2. The van der Waals surface area contributed by atoms with Crippen molar-refractivity contribution in [3.63, 3.8) is 0 Å². The van der Waals surface area contributed by atoms with Gasteiger partial charge in [-0.1, -0.05) is 18.7 Å². The number of nitrogen functional groups attached to an aromatic ring is 1. The number of nitrogens with two attached hydrogens (primary N) is 1. The lowest BCUT2D eigenvalue weighted by Gasteiger charge is -2.33. The van der Waals surface area contributed by atoms with E-state index in [0.29, 0.717) is 17.6 Å². The van der Waals surface area contributed by atoms with E-state index in [1.165, 1.54) is 18.3 Å². The Labute approximate surface area is 166 Å². The minimum Gasteiger partial charge on any atom is -0.465 e. The highest BCUT2D eigenvalue weighted by Gasteiger charge is 2.33. The lowest BCUT2D eigenvalue weighted by molar-refractivity contribution is -0.144.